The normalized spacial score (nSPS) is 10.8. The molecule has 0 aliphatic rings. The molecule has 0 aliphatic carbocycles. The number of carbonyl (C=O) groups excluding carboxylic acids is 1. The van der Waals surface area contributed by atoms with Gasteiger partial charge in [-0.05, 0) is 55.0 Å². The van der Waals surface area contributed by atoms with E-state index in [0.717, 1.165) is 23.8 Å². The topological polar surface area (TPSA) is 65.5 Å². The molecule has 0 fully saturated rings. The fourth-order valence-electron chi connectivity index (χ4n) is 2.64. The highest BCUT2D eigenvalue weighted by Gasteiger charge is 2.04. The minimum Gasteiger partial charge on any atom is -0.357 e. The van der Waals surface area contributed by atoms with Crippen molar-refractivity contribution in [3.63, 3.8) is 0 Å². The minimum atomic E-state index is -0.0756. The van der Waals surface area contributed by atoms with Crippen LogP contribution in [0.3, 0.4) is 0 Å². The summed E-state index contributed by atoms with van der Waals surface area (Å²) in [7, 11) is 0. The Bertz CT molecular complexity index is 811. The van der Waals surface area contributed by atoms with Gasteiger partial charge in [0.2, 0.25) is 5.91 Å². The van der Waals surface area contributed by atoms with Gasteiger partial charge in [-0.1, -0.05) is 24.3 Å². The van der Waals surface area contributed by atoms with E-state index in [1.54, 1.807) is 11.8 Å². The molecule has 2 aromatic carbocycles. The first-order valence-corrected chi connectivity index (χ1v) is 10.3. The Labute approximate surface area is 189 Å². The number of nitrogens with zero attached hydrogens (tertiary/aromatic N) is 1. The third-order valence-electron chi connectivity index (χ3n) is 3.90. The maximum Gasteiger partial charge on any atom is 0.221 e. The summed E-state index contributed by atoms with van der Waals surface area (Å²) in [5.74, 6) is 0.698. The van der Waals surface area contributed by atoms with Crippen molar-refractivity contribution in [2.75, 3.05) is 18.1 Å². The van der Waals surface area contributed by atoms with Crippen LogP contribution in [0.2, 0.25) is 0 Å². The van der Waals surface area contributed by atoms with Crippen molar-refractivity contribution < 1.29 is 4.79 Å². The van der Waals surface area contributed by atoms with Crippen LogP contribution in [0, 0.1) is 6.92 Å². The predicted octanol–water partition coefficient (Wildman–Crippen LogP) is 4.55. The molecule has 0 aliphatic heterocycles. The average molecular weight is 512 g/mol. The molecule has 7 heteroatoms. The van der Waals surface area contributed by atoms with E-state index in [-0.39, 0.29) is 29.9 Å². The van der Waals surface area contributed by atoms with Gasteiger partial charge >= 0.3 is 0 Å². The molecule has 0 unspecified atom stereocenters. The van der Waals surface area contributed by atoms with Gasteiger partial charge in [0.15, 0.2) is 5.96 Å². The number of rotatable bonds is 7. The Morgan fingerprint density at radius 3 is 2.61 bits per heavy atom. The number of benzene rings is 2. The Balaban J connectivity index is 0.00000392. The predicted molar refractivity (Wildman–Crippen MR) is 131 cm³/mol. The van der Waals surface area contributed by atoms with Crippen molar-refractivity contribution in [2.24, 2.45) is 4.99 Å². The quantitative estimate of drug-likeness (QED) is 0.221. The first-order chi connectivity index (χ1) is 13.0. The molecule has 0 bridgehead atoms. The van der Waals surface area contributed by atoms with Gasteiger partial charge < -0.3 is 16.0 Å². The molecule has 0 spiro atoms. The summed E-state index contributed by atoms with van der Waals surface area (Å²) in [6, 6.07) is 14.2. The minimum absolute atomic E-state index is 0. The Morgan fingerprint density at radius 2 is 1.93 bits per heavy atom. The number of halogens is 1. The maximum atomic E-state index is 11.2. The number of guanidine groups is 1. The Hall–Kier alpha value is -1.74. The third-order valence-corrected chi connectivity index (χ3v) is 4.72. The van der Waals surface area contributed by atoms with Crippen molar-refractivity contribution >= 4 is 53.3 Å². The number of hydrogen-bond donors (Lipinski definition) is 3. The van der Waals surface area contributed by atoms with Crippen LogP contribution < -0.4 is 16.0 Å². The van der Waals surface area contributed by atoms with Gasteiger partial charge in [0.05, 0.1) is 6.54 Å². The molecular weight excluding hydrogens is 483 g/mol. The Kier molecular flexibility index (Phi) is 11.0. The first kappa shape index (κ1) is 24.3. The van der Waals surface area contributed by atoms with Gasteiger partial charge in [-0.3, -0.25) is 4.79 Å². The van der Waals surface area contributed by atoms with Gasteiger partial charge in [-0.2, -0.15) is 0 Å². The van der Waals surface area contributed by atoms with Crippen LogP contribution in [0.25, 0.3) is 0 Å². The molecule has 0 saturated carbocycles. The zero-order valence-corrected chi connectivity index (χ0v) is 20.0. The largest absolute Gasteiger partial charge is 0.357 e. The summed E-state index contributed by atoms with van der Waals surface area (Å²) in [4.78, 5) is 17.2. The molecule has 5 nitrogen and oxygen atoms in total. The molecule has 0 saturated heterocycles. The molecule has 0 aromatic heterocycles. The van der Waals surface area contributed by atoms with Gasteiger partial charge in [0.25, 0.3) is 0 Å². The molecule has 2 aromatic rings. The number of amides is 1. The van der Waals surface area contributed by atoms with Crippen LogP contribution in [-0.4, -0.2) is 24.7 Å². The van der Waals surface area contributed by atoms with Crippen LogP contribution in [0.15, 0.2) is 52.4 Å². The van der Waals surface area contributed by atoms with E-state index in [2.05, 4.69) is 52.3 Å². The number of hydrogen-bond acceptors (Lipinski definition) is 3. The summed E-state index contributed by atoms with van der Waals surface area (Å²) in [6.45, 7) is 7.71. The van der Waals surface area contributed by atoms with E-state index in [1.165, 1.54) is 22.9 Å². The van der Waals surface area contributed by atoms with E-state index in [9.17, 15) is 4.79 Å². The van der Waals surface area contributed by atoms with E-state index < -0.39 is 0 Å². The second-order valence-corrected chi connectivity index (χ2v) is 7.09. The van der Waals surface area contributed by atoms with Crippen molar-refractivity contribution in [3.8, 4) is 0 Å². The van der Waals surface area contributed by atoms with Gasteiger partial charge in [-0.25, -0.2) is 4.99 Å². The fourth-order valence-corrected chi connectivity index (χ4v) is 3.35. The van der Waals surface area contributed by atoms with Crippen molar-refractivity contribution in [2.45, 2.75) is 38.8 Å². The zero-order chi connectivity index (χ0) is 19.6. The lowest BCUT2D eigenvalue weighted by Gasteiger charge is -2.14. The second kappa shape index (κ2) is 12.7. The number of aliphatic imine (C=N–C) groups is 1. The highest BCUT2D eigenvalue weighted by atomic mass is 127. The fraction of sp³-hybridized carbons (Fsp3) is 0.333. The number of thioether (sulfide) groups is 1. The SMILES string of the molecule is CCNC(=NCc1cccc(NC(C)=O)c1)NCc1ccc(C)cc1SC.I. The lowest BCUT2D eigenvalue weighted by atomic mass is 10.1. The molecule has 0 radical (unpaired) electrons. The van der Waals surface area contributed by atoms with E-state index in [1.807, 2.05) is 31.2 Å². The molecule has 152 valence electrons. The van der Waals surface area contributed by atoms with Crippen LogP contribution in [-0.2, 0) is 17.9 Å². The summed E-state index contributed by atoms with van der Waals surface area (Å²) < 4.78 is 0. The first-order valence-electron chi connectivity index (χ1n) is 9.04. The smallest absolute Gasteiger partial charge is 0.221 e. The maximum absolute atomic E-state index is 11.2. The van der Waals surface area contributed by atoms with Gasteiger partial charge in [-0.15, -0.1) is 35.7 Å². The second-order valence-electron chi connectivity index (χ2n) is 6.25. The van der Waals surface area contributed by atoms with Crippen LogP contribution in [0.1, 0.15) is 30.5 Å². The Morgan fingerprint density at radius 1 is 1.14 bits per heavy atom. The molecule has 2 rings (SSSR count). The van der Waals surface area contributed by atoms with Crippen LogP contribution in [0.4, 0.5) is 5.69 Å². The van der Waals surface area contributed by atoms with Crippen LogP contribution in [0.5, 0.6) is 0 Å². The number of nitrogens with one attached hydrogen (secondary N) is 3. The van der Waals surface area contributed by atoms with Crippen molar-refractivity contribution in [1.29, 1.82) is 0 Å². The summed E-state index contributed by atoms with van der Waals surface area (Å²) in [6.07, 6.45) is 2.10. The van der Waals surface area contributed by atoms with E-state index in [0.29, 0.717) is 13.1 Å². The lowest BCUT2D eigenvalue weighted by molar-refractivity contribution is -0.114. The summed E-state index contributed by atoms with van der Waals surface area (Å²) >= 11 is 1.76. The number of anilines is 1. The van der Waals surface area contributed by atoms with Gasteiger partial charge in [0, 0.05) is 30.6 Å². The zero-order valence-electron chi connectivity index (χ0n) is 16.8. The number of aryl methyl sites for hydroxylation is 1. The average Bonchev–Trinajstić information content (AvgIpc) is 2.64. The standard InChI is InChI=1S/C21H28N4OS.HI/c1-5-22-21(24-14-18-10-9-15(2)11-20(18)27-4)23-13-17-7-6-8-19(12-17)25-16(3)26;/h6-12H,5,13-14H2,1-4H3,(H,25,26)(H2,22,23,24);1H. The molecular formula is C21H29IN4OS. The van der Waals surface area contributed by atoms with Crippen LogP contribution >= 0.6 is 35.7 Å². The van der Waals surface area contributed by atoms with Crippen molar-refractivity contribution in [3.05, 3.63) is 59.2 Å². The molecule has 1 amide bonds. The summed E-state index contributed by atoms with van der Waals surface area (Å²) in [5.41, 5.74) is 4.35. The summed E-state index contributed by atoms with van der Waals surface area (Å²) in [5, 5.41) is 9.49. The highest BCUT2D eigenvalue weighted by molar-refractivity contribution is 14.0. The molecule has 28 heavy (non-hydrogen) atoms. The molecule has 0 atom stereocenters. The third kappa shape index (κ3) is 8.10. The van der Waals surface area contributed by atoms with E-state index in [4.69, 9.17) is 0 Å². The monoisotopic (exact) mass is 512 g/mol. The number of carbonyl (C=O) groups is 1. The van der Waals surface area contributed by atoms with Gasteiger partial charge in [0.1, 0.15) is 0 Å². The van der Waals surface area contributed by atoms with Crippen molar-refractivity contribution in [1.82, 2.24) is 10.6 Å². The molecule has 3 N–H and O–H groups in total. The van der Waals surface area contributed by atoms with E-state index >= 15 is 0 Å². The lowest BCUT2D eigenvalue weighted by Crippen LogP contribution is -2.36. The molecule has 0 heterocycles. The highest BCUT2D eigenvalue weighted by Crippen LogP contribution is 2.21.